The molecule has 2 aliphatic rings. The van der Waals surface area contributed by atoms with Gasteiger partial charge in [-0.2, -0.15) is 0 Å². The number of nitrogens with two attached hydrogens (primary N) is 1. The van der Waals surface area contributed by atoms with E-state index in [2.05, 4.69) is 32.7 Å². The summed E-state index contributed by atoms with van der Waals surface area (Å²) in [5, 5.41) is 0. The number of nitrogens with zero attached hydrogens (tertiary/aromatic N) is 5. The number of imidazole rings is 1. The minimum atomic E-state index is -0.175. The Labute approximate surface area is 161 Å². The van der Waals surface area contributed by atoms with Gasteiger partial charge in [-0.15, -0.1) is 0 Å². The normalized spacial score (nSPS) is 26.4. The predicted octanol–water partition coefficient (Wildman–Crippen LogP) is 3.03. The first-order valence-electron chi connectivity index (χ1n) is 9.35. The molecule has 0 radical (unpaired) electrons. The summed E-state index contributed by atoms with van der Waals surface area (Å²) in [6, 6.07) is 0.522. The molecule has 2 amide bonds. The first-order chi connectivity index (χ1) is 12.5. The zero-order chi connectivity index (χ0) is 18.5. The molecule has 2 fully saturated rings. The number of nitrogen functional groups attached to an aromatic ring is 1. The molecule has 0 spiro atoms. The number of carbonyl (C=O) groups is 1. The van der Waals surface area contributed by atoms with Crippen molar-refractivity contribution in [3.05, 3.63) is 22.8 Å². The monoisotopic (exact) mass is 420 g/mol. The standard InChI is InChI=1S/C18H25BrN6O/c1-3-18(16-22-14(19)13-15(20)21-8-10-24(13)16)7-5-12-6-9-23(4-2)17(26)25(12)11-18/h8,10,12H,3-7,9,11H2,1-2H3,(H2,20,21). The molecule has 2 atom stereocenters. The summed E-state index contributed by atoms with van der Waals surface area (Å²) in [6.07, 6.45) is 7.65. The van der Waals surface area contributed by atoms with Gasteiger partial charge in [0.1, 0.15) is 15.9 Å². The Morgan fingerprint density at radius 2 is 2.19 bits per heavy atom. The summed E-state index contributed by atoms with van der Waals surface area (Å²) < 4.78 is 2.76. The van der Waals surface area contributed by atoms with E-state index in [-0.39, 0.29) is 11.4 Å². The van der Waals surface area contributed by atoms with Crippen LogP contribution in [0.25, 0.3) is 5.52 Å². The van der Waals surface area contributed by atoms with Crippen LogP contribution in [-0.4, -0.2) is 55.9 Å². The Morgan fingerprint density at radius 1 is 1.38 bits per heavy atom. The van der Waals surface area contributed by atoms with Gasteiger partial charge in [0.25, 0.3) is 0 Å². The summed E-state index contributed by atoms with van der Waals surface area (Å²) in [7, 11) is 0. The maximum atomic E-state index is 12.9. The van der Waals surface area contributed by atoms with Crippen molar-refractivity contribution in [2.24, 2.45) is 0 Å². The van der Waals surface area contributed by atoms with Crippen LogP contribution in [0.1, 0.15) is 45.4 Å². The molecule has 2 aliphatic heterocycles. The van der Waals surface area contributed by atoms with E-state index < -0.39 is 0 Å². The zero-order valence-corrected chi connectivity index (χ0v) is 16.9. The molecule has 2 N–H and O–H groups in total. The minimum absolute atomic E-state index is 0.169. The average Bonchev–Trinajstić information content (AvgIpc) is 3.00. The lowest BCUT2D eigenvalue weighted by Gasteiger charge is -2.50. The van der Waals surface area contributed by atoms with Crippen molar-refractivity contribution in [3.63, 3.8) is 0 Å². The van der Waals surface area contributed by atoms with Crippen LogP contribution < -0.4 is 5.73 Å². The van der Waals surface area contributed by atoms with Crippen molar-refractivity contribution in [1.29, 1.82) is 0 Å². The van der Waals surface area contributed by atoms with Crippen LogP contribution in [-0.2, 0) is 5.41 Å². The Bertz CT molecular complexity index is 852. The summed E-state index contributed by atoms with van der Waals surface area (Å²) in [5.41, 5.74) is 6.70. The number of rotatable bonds is 3. The summed E-state index contributed by atoms with van der Waals surface area (Å²) in [4.78, 5) is 26.0. The SMILES string of the molecule is CCN1CCC2CCC(CC)(c3nc(Br)c4c(N)nccn34)CN2C1=O. The van der Waals surface area contributed by atoms with Crippen molar-refractivity contribution in [2.75, 3.05) is 25.4 Å². The number of aromatic nitrogens is 3. The van der Waals surface area contributed by atoms with Crippen molar-refractivity contribution < 1.29 is 4.79 Å². The molecule has 26 heavy (non-hydrogen) atoms. The molecule has 140 valence electrons. The highest BCUT2D eigenvalue weighted by Crippen LogP contribution is 2.42. The third-order valence-corrected chi connectivity index (χ3v) is 6.74. The number of urea groups is 1. The third-order valence-electron chi connectivity index (χ3n) is 6.19. The topological polar surface area (TPSA) is 79.8 Å². The van der Waals surface area contributed by atoms with E-state index in [9.17, 15) is 4.79 Å². The van der Waals surface area contributed by atoms with Crippen LogP contribution in [0, 0.1) is 0 Å². The van der Waals surface area contributed by atoms with Gasteiger partial charge in [0.05, 0.1) is 0 Å². The fraction of sp³-hybridized carbons (Fsp3) is 0.611. The van der Waals surface area contributed by atoms with E-state index in [1.807, 2.05) is 22.4 Å². The van der Waals surface area contributed by atoms with Gasteiger partial charge < -0.3 is 15.5 Å². The molecule has 2 unspecified atom stereocenters. The summed E-state index contributed by atoms with van der Waals surface area (Å²) in [5.74, 6) is 1.43. The molecule has 7 nitrogen and oxygen atoms in total. The second kappa shape index (κ2) is 6.40. The summed E-state index contributed by atoms with van der Waals surface area (Å²) in [6.45, 7) is 6.57. The number of hydrogen-bond donors (Lipinski definition) is 1. The first kappa shape index (κ1) is 17.6. The van der Waals surface area contributed by atoms with Crippen LogP contribution in [0.3, 0.4) is 0 Å². The van der Waals surface area contributed by atoms with E-state index in [4.69, 9.17) is 10.7 Å². The van der Waals surface area contributed by atoms with Crippen LogP contribution in [0.2, 0.25) is 0 Å². The van der Waals surface area contributed by atoms with E-state index in [0.29, 0.717) is 23.0 Å². The largest absolute Gasteiger partial charge is 0.382 e. The number of anilines is 1. The number of carbonyl (C=O) groups excluding carboxylic acids is 1. The van der Waals surface area contributed by atoms with Gasteiger partial charge >= 0.3 is 6.03 Å². The highest BCUT2D eigenvalue weighted by atomic mass is 79.9. The van der Waals surface area contributed by atoms with Gasteiger partial charge in [0.2, 0.25) is 0 Å². The quantitative estimate of drug-likeness (QED) is 0.827. The third kappa shape index (κ3) is 2.49. The van der Waals surface area contributed by atoms with E-state index in [0.717, 1.165) is 50.1 Å². The Morgan fingerprint density at radius 3 is 2.92 bits per heavy atom. The Balaban J connectivity index is 1.77. The second-order valence-electron chi connectivity index (χ2n) is 7.36. The highest BCUT2D eigenvalue weighted by molar-refractivity contribution is 9.10. The van der Waals surface area contributed by atoms with Crippen LogP contribution in [0.15, 0.2) is 17.0 Å². The second-order valence-corrected chi connectivity index (χ2v) is 8.11. The molecule has 0 bridgehead atoms. The molecular formula is C18H25BrN6O. The molecule has 4 heterocycles. The first-order valence-corrected chi connectivity index (χ1v) is 10.1. The highest BCUT2D eigenvalue weighted by Gasteiger charge is 2.46. The maximum absolute atomic E-state index is 12.9. The van der Waals surface area contributed by atoms with Crippen LogP contribution >= 0.6 is 15.9 Å². The van der Waals surface area contributed by atoms with Gasteiger partial charge in [-0.3, -0.25) is 4.40 Å². The van der Waals surface area contributed by atoms with Crippen molar-refractivity contribution in [2.45, 2.75) is 51.0 Å². The predicted molar refractivity (Wildman–Crippen MR) is 104 cm³/mol. The lowest BCUT2D eigenvalue weighted by molar-refractivity contribution is 0.0478. The smallest absolute Gasteiger partial charge is 0.320 e. The van der Waals surface area contributed by atoms with Gasteiger partial charge in [0, 0.05) is 43.5 Å². The Hall–Kier alpha value is -1.83. The molecule has 0 aromatic carbocycles. The summed E-state index contributed by atoms with van der Waals surface area (Å²) >= 11 is 3.55. The minimum Gasteiger partial charge on any atom is -0.382 e. The fourth-order valence-corrected chi connectivity index (χ4v) is 5.12. The molecule has 8 heteroatoms. The van der Waals surface area contributed by atoms with Crippen LogP contribution in [0.4, 0.5) is 10.6 Å². The fourth-order valence-electron chi connectivity index (χ4n) is 4.56. The molecule has 2 aromatic rings. The molecule has 2 aromatic heterocycles. The van der Waals surface area contributed by atoms with Crippen molar-refractivity contribution in [3.8, 4) is 0 Å². The van der Waals surface area contributed by atoms with Crippen molar-refractivity contribution in [1.82, 2.24) is 24.2 Å². The lowest BCUT2D eigenvalue weighted by atomic mass is 9.74. The molecular weight excluding hydrogens is 396 g/mol. The van der Waals surface area contributed by atoms with Crippen LogP contribution in [0.5, 0.6) is 0 Å². The molecule has 0 aliphatic carbocycles. The number of piperidine rings is 1. The Kier molecular flexibility index (Phi) is 4.33. The van der Waals surface area contributed by atoms with Gasteiger partial charge in [-0.05, 0) is 48.5 Å². The molecule has 4 rings (SSSR count). The maximum Gasteiger partial charge on any atom is 0.320 e. The number of halogens is 1. The number of hydrogen-bond acceptors (Lipinski definition) is 4. The van der Waals surface area contributed by atoms with E-state index in [1.165, 1.54) is 0 Å². The lowest BCUT2D eigenvalue weighted by Crippen LogP contribution is -2.61. The van der Waals surface area contributed by atoms with Gasteiger partial charge in [0.15, 0.2) is 5.82 Å². The van der Waals surface area contributed by atoms with E-state index in [1.54, 1.807) is 6.20 Å². The molecule has 2 saturated heterocycles. The van der Waals surface area contributed by atoms with Gasteiger partial charge in [-0.25, -0.2) is 14.8 Å². The number of fused-ring (bicyclic) bond motifs is 2. The zero-order valence-electron chi connectivity index (χ0n) is 15.3. The number of amides is 2. The van der Waals surface area contributed by atoms with Gasteiger partial charge in [-0.1, -0.05) is 6.92 Å². The van der Waals surface area contributed by atoms with Crippen molar-refractivity contribution >= 4 is 33.3 Å². The average molecular weight is 421 g/mol. The van der Waals surface area contributed by atoms with E-state index >= 15 is 0 Å². The molecule has 0 saturated carbocycles.